The molecular weight excluding hydrogens is 360 g/mol. The number of aliphatic hydroxyl groups is 3. The molecule has 0 aliphatic heterocycles. The quantitative estimate of drug-likeness (QED) is 0.545. The van der Waals surface area contributed by atoms with Crippen molar-refractivity contribution in [2.24, 2.45) is 23.2 Å². The van der Waals surface area contributed by atoms with Crippen molar-refractivity contribution in [2.45, 2.75) is 116 Å². The zero-order chi connectivity index (χ0) is 21.2. The third kappa shape index (κ3) is 5.74. The molecule has 3 rings (SSSR count). The van der Waals surface area contributed by atoms with Crippen LogP contribution in [0.15, 0.2) is 23.3 Å². The molecule has 0 heterocycles. The van der Waals surface area contributed by atoms with Crippen molar-refractivity contribution < 1.29 is 15.3 Å². The summed E-state index contributed by atoms with van der Waals surface area (Å²) >= 11 is 0. The first kappa shape index (κ1) is 23.0. The molecule has 6 atom stereocenters. The molecule has 0 aromatic carbocycles. The maximum Gasteiger partial charge on any atom is 0.0602 e. The number of hydrogen-bond acceptors (Lipinski definition) is 3. The van der Waals surface area contributed by atoms with Crippen LogP contribution in [0.5, 0.6) is 0 Å². The van der Waals surface area contributed by atoms with Crippen LogP contribution in [0.1, 0.15) is 98.3 Å². The van der Waals surface area contributed by atoms with Crippen molar-refractivity contribution in [3.8, 4) is 0 Å². The van der Waals surface area contributed by atoms with Crippen LogP contribution in [0, 0.1) is 23.2 Å². The lowest BCUT2D eigenvalue weighted by atomic mass is 9.60. The summed E-state index contributed by atoms with van der Waals surface area (Å²) in [5.41, 5.74) is 2.66. The van der Waals surface area contributed by atoms with Gasteiger partial charge in [-0.1, -0.05) is 50.0 Å². The fraction of sp³-hybridized carbons (Fsp3) is 0.846. The molecule has 3 N–H and O–H groups in total. The summed E-state index contributed by atoms with van der Waals surface area (Å²) in [6.07, 6.45) is 15.4. The average Bonchev–Trinajstić information content (AvgIpc) is 2.95. The third-order valence-electron chi connectivity index (χ3n) is 8.25. The molecule has 3 heteroatoms. The van der Waals surface area contributed by atoms with Crippen LogP contribution < -0.4 is 0 Å². The maximum atomic E-state index is 10.0. The smallest absolute Gasteiger partial charge is 0.0602 e. The second kappa shape index (κ2) is 9.24. The summed E-state index contributed by atoms with van der Waals surface area (Å²) in [7, 11) is 0. The molecule has 3 fully saturated rings. The summed E-state index contributed by atoms with van der Waals surface area (Å²) in [4.78, 5) is 0. The van der Waals surface area contributed by atoms with Gasteiger partial charge in [0, 0.05) is 0 Å². The van der Waals surface area contributed by atoms with Crippen molar-refractivity contribution in [1.82, 2.24) is 0 Å². The molecule has 2 unspecified atom stereocenters. The van der Waals surface area contributed by atoms with Gasteiger partial charge in [0.2, 0.25) is 0 Å². The molecule has 3 aliphatic rings. The van der Waals surface area contributed by atoms with Crippen LogP contribution in [-0.4, -0.2) is 33.1 Å². The maximum absolute atomic E-state index is 10.0. The van der Waals surface area contributed by atoms with Crippen LogP contribution in [0.3, 0.4) is 0 Å². The van der Waals surface area contributed by atoms with Gasteiger partial charge in [0.1, 0.15) is 0 Å². The van der Waals surface area contributed by atoms with Crippen molar-refractivity contribution in [2.75, 3.05) is 0 Å². The van der Waals surface area contributed by atoms with Gasteiger partial charge in [-0.05, 0) is 94.8 Å². The zero-order valence-corrected chi connectivity index (χ0v) is 19.2. The van der Waals surface area contributed by atoms with E-state index in [-0.39, 0.29) is 12.2 Å². The van der Waals surface area contributed by atoms with E-state index in [9.17, 15) is 15.3 Å². The van der Waals surface area contributed by atoms with E-state index < -0.39 is 5.60 Å². The van der Waals surface area contributed by atoms with Gasteiger partial charge in [-0.3, -0.25) is 0 Å². The van der Waals surface area contributed by atoms with Gasteiger partial charge in [-0.25, -0.2) is 0 Å². The van der Waals surface area contributed by atoms with E-state index in [4.69, 9.17) is 0 Å². The Morgan fingerprint density at radius 3 is 2.48 bits per heavy atom. The third-order valence-corrected chi connectivity index (χ3v) is 8.25. The van der Waals surface area contributed by atoms with Crippen molar-refractivity contribution in [3.63, 3.8) is 0 Å². The lowest BCUT2D eigenvalue weighted by Gasteiger charge is -2.44. The molecule has 29 heavy (non-hydrogen) atoms. The Hall–Kier alpha value is -0.640. The van der Waals surface area contributed by atoms with E-state index in [1.54, 1.807) is 5.57 Å². The predicted molar refractivity (Wildman–Crippen MR) is 120 cm³/mol. The number of allylic oxidation sites excluding steroid dienone is 3. The van der Waals surface area contributed by atoms with Gasteiger partial charge in [0.25, 0.3) is 0 Å². The topological polar surface area (TPSA) is 60.7 Å². The van der Waals surface area contributed by atoms with Crippen molar-refractivity contribution in [3.05, 3.63) is 23.3 Å². The SMILES string of the molecule is C[C@@H](CCCC(C)(C)O)C1CCC2C(=CC=C3C[C@@H](O)C[C@H](O)C3)CCC[C@@]21C. The normalized spacial score (nSPS) is 38.2. The number of fused-ring (bicyclic) bond motifs is 1. The van der Waals surface area contributed by atoms with Gasteiger partial charge >= 0.3 is 0 Å². The number of aliphatic hydroxyl groups excluding tert-OH is 2. The highest BCUT2D eigenvalue weighted by atomic mass is 16.3. The van der Waals surface area contributed by atoms with Crippen LogP contribution in [0.2, 0.25) is 0 Å². The largest absolute Gasteiger partial charge is 0.393 e. The number of hydrogen-bond donors (Lipinski definition) is 3. The van der Waals surface area contributed by atoms with Crippen LogP contribution in [0.25, 0.3) is 0 Å². The lowest BCUT2D eigenvalue weighted by Crippen LogP contribution is -2.36. The minimum absolute atomic E-state index is 0.388. The fourth-order valence-electron chi connectivity index (χ4n) is 6.80. The first-order valence-electron chi connectivity index (χ1n) is 12.1. The molecule has 0 saturated heterocycles. The standard InChI is InChI=1S/C26H44O3/c1-18(7-5-13-25(2,3)29)23-11-12-24-20(8-6-14-26(23,24)4)10-9-19-15-21(27)17-22(28)16-19/h9-10,18,21-24,27-29H,5-8,11-17H2,1-4H3/t18-,21+,22+,23?,24?,26+/m0/s1. The van der Waals surface area contributed by atoms with Gasteiger partial charge in [0.05, 0.1) is 17.8 Å². The second-order valence-electron chi connectivity index (χ2n) is 11.3. The van der Waals surface area contributed by atoms with E-state index in [0.717, 1.165) is 18.8 Å². The first-order chi connectivity index (χ1) is 13.6. The Morgan fingerprint density at radius 1 is 1.14 bits per heavy atom. The molecule has 0 aromatic heterocycles. The fourth-order valence-corrected chi connectivity index (χ4v) is 6.80. The summed E-state index contributed by atoms with van der Waals surface area (Å²) in [5.74, 6) is 2.19. The molecule has 3 aliphatic carbocycles. The highest BCUT2D eigenvalue weighted by Gasteiger charge is 2.50. The Kier molecular flexibility index (Phi) is 7.34. The van der Waals surface area contributed by atoms with E-state index in [1.807, 2.05) is 13.8 Å². The minimum atomic E-state index is -0.545. The van der Waals surface area contributed by atoms with Gasteiger partial charge < -0.3 is 15.3 Å². The van der Waals surface area contributed by atoms with Crippen LogP contribution >= 0.6 is 0 Å². The van der Waals surface area contributed by atoms with Crippen molar-refractivity contribution in [1.29, 1.82) is 0 Å². The summed E-state index contributed by atoms with van der Waals surface area (Å²) in [6.45, 7) is 8.81. The van der Waals surface area contributed by atoms with Gasteiger partial charge in [-0.2, -0.15) is 0 Å². The zero-order valence-electron chi connectivity index (χ0n) is 19.2. The average molecular weight is 405 g/mol. The molecule has 3 saturated carbocycles. The van der Waals surface area contributed by atoms with E-state index in [1.165, 1.54) is 44.1 Å². The van der Waals surface area contributed by atoms with Gasteiger partial charge in [-0.15, -0.1) is 0 Å². The monoisotopic (exact) mass is 404 g/mol. The molecule has 0 amide bonds. The Bertz CT molecular complexity index is 602. The number of rotatable bonds is 6. The highest BCUT2D eigenvalue weighted by molar-refractivity contribution is 5.26. The summed E-state index contributed by atoms with van der Waals surface area (Å²) in [5, 5.41) is 29.9. The summed E-state index contributed by atoms with van der Waals surface area (Å²) < 4.78 is 0. The molecule has 0 bridgehead atoms. The van der Waals surface area contributed by atoms with E-state index in [0.29, 0.717) is 36.5 Å². The highest BCUT2D eigenvalue weighted by Crippen LogP contribution is 2.59. The molecule has 0 aromatic rings. The minimum Gasteiger partial charge on any atom is -0.393 e. The molecule has 166 valence electrons. The van der Waals surface area contributed by atoms with E-state index >= 15 is 0 Å². The lowest BCUT2D eigenvalue weighted by molar-refractivity contribution is 0.0591. The molecule has 0 spiro atoms. The van der Waals surface area contributed by atoms with Gasteiger partial charge in [0.15, 0.2) is 0 Å². The Morgan fingerprint density at radius 2 is 1.83 bits per heavy atom. The van der Waals surface area contributed by atoms with E-state index in [2.05, 4.69) is 26.0 Å². The molecule has 0 radical (unpaired) electrons. The molecular formula is C26H44O3. The Labute approximate surface area is 178 Å². The molecule has 3 nitrogen and oxygen atoms in total. The second-order valence-corrected chi connectivity index (χ2v) is 11.3. The predicted octanol–water partition coefficient (Wildman–Crippen LogP) is 5.54. The Balaban J connectivity index is 1.66. The van der Waals surface area contributed by atoms with Crippen LogP contribution in [0.4, 0.5) is 0 Å². The van der Waals surface area contributed by atoms with Crippen LogP contribution in [-0.2, 0) is 0 Å². The van der Waals surface area contributed by atoms with Crippen molar-refractivity contribution >= 4 is 0 Å². The first-order valence-corrected chi connectivity index (χ1v) is 12.1. The summed E-state index contributed by atoms with van der Waals surface area (Å²) in [6, 6.07) is 0.